The molecule has 0 saturated carbocycles. The maximum atomic E-state index is 6.02. The fourth-order valence-electron chi connectivity index (χ4n) is 2.27. The fourth-order valence-corrected chi connectivity index (χ4v) is 2.61. The van der Waals surface area contributed by atoms with Crippen LogP contribution < -0.4 is 9.64 Å². The molecule has 0 aromatic heterocycles. The minimum atomic E-state index is 0.862. The summed E-state index contributed by atoms with van der Waals surface area (Å²) >= 11 is 3.51. The van der Waals surface area contributed by atoms with Crippen LogP contribution >= 0.6 is 15.9 Å². The quantitative estimate of drug-likeness (QED) is 0.710. The van der Waals surface area contributed by atoms with Gasteiger partial charge in [0.1, 0.15) is 5.75 Å². The Morgan fingerprint density at radius 2 is 1.89 bits per heavy atom. The van der Waals surface area contributed by atoms with Crippen molar-refractivity contribution < 1.29 is 4.74 Å². The van der Waals surface area contributed by atoms with Gasteiger partial charge in [-0.15, -0.1) is 0 Å². The fraction of sp³-hybridized carbons (Fsp3) is 0.200. The van der Waals surface area contributed by atoms with Crippen molar-refractivity contribution in [2.75, 3.05) is 11.9 Å². The highest BCUT2D eigenvalue weighted by Gasteiger charge is 2.18. The number of halogens is 1. The Morgan fingerprint density at radius 1 is 1.11 bits per heavy atom. The summed E-state index contributed by atoms with van der Waals surface area (Å²) in [5.74, 6) is 1.86. The van der Waals surface area contributed by atoms with Crippen LogP contribution in [-0.2, 0) is 6.54 Å². The molecule has 2 nitrogen and oxygen atoms in total. The number of hydrogen-bond donors (Lipinski definition) is 0. The summed E-state index contributed by atoms with van der Waals surface area (Å²) in [6, 6.07) is 12.4. The van der Waals surface area contributed by atoms with Crippen LogP contribution in [0.5, 0.6) is 11.5 Å². The van der Waals surface area contributed by atoms with E-state index in [0.29, 0.717) is 0 Å². The molecule has 0 spiro atoms. The Hall–Kier alpha value is -1.48. The van der Waals surface area contributed by atoms with Gasteiger partial charge in [0.05, 0.1) is 5.69 Å². The Balaban J connectivity index is 2.13. The van der Waals surface area contributed by atoms with Gasteiger partial charge in [-0.2, -0.15) is 0 Å². The third-order valence-corrected chi connectivity index (χ3v) is 3.67. The molecular formula is C15H14BrNO. The zero-order valence-electron chi connectivity index (χ0n) is 10.4. The van der Waals surface area contributed by atoms with Crippen LogP contribution in [0.4, 0.5) is 5.69 Å². The summed E-state index contributed by atoms with van der Waals surface area (Å²) in [6.07, 6.45) is 0. The molecule has 0 unspecified atom stereocenters. The second-order valence-corrected chi connectivity index (χ2v) is 5.60. The van der Waals surface area contributed by atoms with E-state index < -0.39 is 0 Å². The topological polar surface area (TPSA) is 12.5 Å². The number of rotatable bonds is 0. The van der Waals surface area contributed by atoms with Crippen LogP contribution in [0.1, 0.15) is 11.1 Å². The summed E-state index contributed by atoms with van der Waals surface area (Å²) in [4.78, 5) is 2.21. The highest BCUT2D eigenvalue weighted by molar-refractivity contribution is 9.10. The Labute approximate surface area is 115 Å². The predicted molar refractivity (Wildman–Crippen MR) is 77.5 cm³/mol. The van der Waals surface area contributed by atoms with Crippen LogP contribution in [-0.4, -0.2) is 7.05 Å². The Kier molecular flexibility index (Phi) is 2.78. The van der Waals surface area contributed by atoms with E-state index in [0.717, 1.165) is 28.2 Å². The molecular weight excluding hydrogens is 290 g/mol. The van der Waals surface area contributed by atoms with Crippen molar-refractivity contribution in [3.63, 3.8) is 0 Å². The number of aryl methyl sites for hydroxylation is 1. The highest BCUT2D eigenvalue weighted by atomic mass is 79.9. The van der Waals surface area contributed by atoms with Crippen molar-refractivity contribution in [3.05, 3.63) is 52.0 Å². The SMILES string of the molecule is Cc1ccc2c(c1)CN(C)c1cc(Br)ccc1O2. The molecule has 0 amide bonds. The van der Waals surface area contributed by atoms with Crippen molar-refractivity contribution in [1.29, 1.82) is 0 Å². The van der Waals surface area contributed by atoms with E-state index in [1.54, 1.807) is 0 Å². The van der Waals surface area contributed by atoms with Gasteiger partial charge in [0.25, 0.3) is 0 Å². The first-order chi connectivity index (χ1) is 8.63. The van der Waals surface area contributed by atoms with Crippen LogP contribution in [0, 0.1) is 6.92 Å². The lowest BCUT2D eigenvalue weighted by Gasteiger charge is -2.18. The third kappa shape index (κ3) is 1.99. The average Bonchev–Trinajstić information content (AvgIpc) is 2.46. The van der Waals surface area contributed by atoms with E-state index in [2.05, 4.69) is 59.1 Å². The van der Waals surface area contributed by atoms with Crippen LogP contribution in [0.15, 0.2) is 40.9 Å². The molecule has 3 heteroatoms. The van der Waals surface area contributed by atoms with E-state index in [1.165, 1.54) is 11.1 Å². The number of anilines is 1. The molecule has 2 aromatic rings. The van der Waals surface area contributed by atoms with Gasteiger partial charge in [-0.1, -0.05) is 33.6 Å². The lowest BCUT2D eigenvalue weighted by Crippen LogP contribution is -2.15. The van der Waals surface area contributed by atoms with Gasteiger partial charge in [0, 0.05) is 23.6 Å². The zero-order valence-corrected chi connectivity index (χ0v) is 12.0. The molecule has 0 saturated heterocycles. The predicted octanol–water partition coefficient (Wildman–Crippen LogP) is 4.50. The molecule has 3 rings (SSSR count). The van der Waals surface area contributed by atoms with E-state index in [4.69, 9.17) is 4.74 Å². The smallest absolute Gasteiger partial charge is 0.150 e. The van der Waals surface area contributed by atoms with Crippen LogP contribution in [0.25, 0.3) is 0 Å². The molecule has 1 heterocycles. The van der Waals surface area contributed by atoms with Gasteiger partial charge < -0.3 is 9.64 Å². The molecule has 0 atom stereocenters. The van der Waals surface area contributed by atoms with Gasteiger partial charge >= 0.3 is 0 Å². The van der Waals surface area contributed by atoms with E-state index in [1.807, 2.05) is 12.1 Å². The zero-order chi connectivity index (χ0) is 12.7. The summed E-state index contributed by atoms with van der Waals surface area (Å²) in [5.41, 5.74) is 3.60. The van der Waals surface area contributed by atoms with Crippen molar-refractivity contribution in [2.24, 2.45) is 0 Å². The van der Waals surface area contributed by atoms with Gasteiger partial charge in [-0.05, 0) is 31.2 Å². The molecule has 0 aliphatic carbocycles. The number of nitrogens with zero attached hydrogens (tertiary/aromatic N) is 1. The minimum Gasteiger partial charge on any atom is -0.455 e. The number of hydrogen-bond acceptors (Lipinski definition) is 2. The molecule has 1 aliphatic rings. The highest BCUT2D eigenvalue weighted by Crippen LogP contribution is 2.39. The van der Waals surface area contributed by atoms with E-state index in [-0.39, 0.29) is 0 Å². The third-order valence-electron chi connectivity index (χ3n) is 3.18. The Bertz CT molecular complexity index is 609. The molecule has 0 radical (unpaired) electrons. The normalized spacial score (nSPS) is 13.4. The summed E-state index contributed by atoms with van der Waals surface area (Å²) in [7, 11) is 2.09. The summed E-state index contributed by atoms with van der Waals surface area (Å²) in [5, 5.41) is 0. The van der Waals surface area contributed by atoms with Gasteiger partial charge in [0.2, 0.25) is 0 Å². The van der Waals surface area contributed by atoms with Crippen molar-refractivity contribution in [3.8, 4) is 11.5 Å². The molecule has 92 valence electrons. The molecule has 1 aliphatic heterocycles. The van der Waals surface area contributed by atoms with Crippen LogP contribution in [0.3, 0.4) is 0 Å². The molecule has 0 fully saturated rings. The van der Waals surface area contributed by atoms with Crippen molar-refractivity contribution >= 4 is 21.6 Å². The number of ether oxygens (including phenoxy) is 1. The monoisotopic (exact) mass is 303 g/mol. The summed E-state index contributed by atoms with van der Waals surface area (Å²) < 4.78 is 7.09. The van der Waals surface area contributed by atoms with Crippen LogP contribution in [0.2, 0.25) is 0 Å². The van der Waals surface area contributed by atoms with Gasteiger partial charge in [0.15, 0.2) is 5.75 Å². The van der Waals surface area contributed by atoms with Gasteiger partial charge in [-0.3, -0.25) is 0 Å². The second kappa shape index (κ2) is 4.32. The first kappa shape index (κ1) is 11.6. The van der Waals surface area contributed by atoms with E-state index >= 15 is 0 Å². The van der Waals surface area contributed by atoms with Gasteiger partial charge in [-0.25, -0.2) is 0 Å². The lowest BCUT2D eigenvalue weighted by atomic mass is 10.1. The first-order valence-electron chi connectivity index (χ1n) is 5.91. The standard InChI is InChI=1S/C15H14BrNO/c1-10-3-5-14-11(7-10)9-17(2)13-8-12(16)4-6-15(13)18-14/h3-8H,9H2,1-2H3. The largest absolute Gasteiger partial charge is 0.455 e. The maximum Gasteiger partial charge on any atom is 0.150 e. The molecule has 0 N–H and O–H groups in total. The summed E-state index contributed by atoms with van der Waals surface area (Å²) in [6.45, 7) is 2.97. The Morgan fingerprint density at radius 3 is 2.72 bits per heavy atom. The van der Waals surface area contributed by atoms with Crippen molar-refractivity contribution in [1.82, 2.24) is 0 Å². The number of fused-ring (bicyclic) bond motifs is 2. The van der Waals surface area contributed by atoms with E-state index in [9.17, 15) is 0 Å². The molecule has 18 heavy (non-hydrogen) atoms. The number of benzene rings is 2. The molecule has 2 aromatic carbocycles. The average molecular weight is 304 g/mol. The van der Waals surface area contributed by atoms with Crippen molar-refractivity contribution in [2.45, 2.75) is 13.5 Å². The molecule has 0 bridgehead atoms. The minimum absolute atomic E-state index is 0.862. The lowest BCUT2D eigenvalue weighted by molar-refractivity contribution is 0.483. The second-order valence-electron chi connectivity index (χ2n) is 4.68. The first-order valence-corrected chi connectivity index (χ1v) is 6.71. The maximum absolute atomic E-state index is 6.02.